The molecule has 0 bridgehead atoms. The van der Waals surface area contributed by atoms with Crippen molar-refractivity contribution < 1.29 is 21.6 Å². The molecular weight excluding hydrogens is 499 g/mol. The summed E-state index contributed by atoms with van der Waals surface area (Å²) in [6, 6.07) is 4.82. The van der Waals surface area contributed by atoms with Crippen LogP contribution in [0.2, 0.25) is 0 Å². The van der Waals surface area contributed by atoms with Crippen LogP contribution < -0.4 is 9.62 Å². The summed E-state index contributed by atoms with van der Waals surface area (Å²) in [5.74, 6) is -1.77. The molecule has 12 heteroatoms. The van der Waals surface area contributed by atoms with Crippen LogP contribution in [0.4, 0.5) is 24.7 Å². The van der Waals surface area contributed by atoms with E-state index < -0.39 is 38.1 Å². The number of anilines is 2. The molecule has 1 N–H and O–H groups in total. The maximum atomic E-state index is 15.9. The van der Waals surface area contributed by atoms with Crippen molar-refractivity contribution in [3.8, 4) is 0 Å². The predicted molar refractivity (Wildman–Crippen MR) is 130 cm³/mol. The van der Waals surface area contributed by atoms with Crippen LogP contribution in [-0.4, -0.2) is 43.6 Å². The molecule has 2 aliphatic rings. The largest absolute Gasteiger partial charge is 0.308 e. The maximum absolute atomic E-state index is 15.9. The van der Waals surface area contributed by atoms with Crippen LogP contribution in [0.25, 0.3) is 11.6 Å². The molecular formula is C23H18F3N5O2S2. The molecule has 0 saturated heterocycles. The molecule has 2 aromatic carbocycles. The normalized spacial score (nSPS) is 14.8. The highest BCUT2D eigenvalue weighted by atomic mass is 32.2. The maximum Gasteiger partial charge on any atom is 0.265 e. The summed E-state index contributed by atoms with van der Waals surface area (Å²) in [6.45, 7) is 2.72. The number of aryl methyl sites for hydroxylation is 1. The zero-order valence-corrected chi connectivity index (χ0v) is 20.1. The molecule has 3 heterocycles. The minimum absolute atomic E-state index is 0.134. The summed E-state index contributed by atoms with van der Waals surface area (Å²) in [5, 5.41) is 0.593. The van der Waals surface area contributed by atoms with Crippen molar-refractivity contribution in [2.75, 3.05) is 29.0 Å². The fourth-order valence-electron chi connectivity index (χ4n) is 4.04. The van der Waals surface area contributed by atoms with Gasteiger partial charge in [-0.2, -0.15) is 0 Å². The van der Waals surface area contributed by atoms with Gasteiger partial charge in [-0.15, -0.1) is 0 Å². The molecule has 3 aromatic rings. The van der Waals surface area contributed by atoms with Gasteiger partial charge in [-0.1, -0.05) is 17.8 Å². The quantitative estimate of drug-likeness (QED) is 0.396. The van der Waals surface area contributed by atoms with E-state index in [-0.39, 0.29) is 5.56 Å². The van der Waals surface area contributed by atoms with Crippen LogP contribution >= 0.6 is 11.8 Å². The third-order valence-electron chi connectivity index (χ3n) is 5.64. The Morgan fingerprint density at radius 2 is 1.94 bits per heavy atom. The SMILES string of the molecule is CSc1ncc2c(n1)N1CCN=C1C(c1c(C)ccc(NS(=O)(=O)c3cc(F)ccc3F)c1F)=C2. The van der Waals surface area contributed by atoms with Gasteiger partial charge in [0.05, 0.1) is 12.2 Å². The lowest BCUT2D eigenvalue weighted by atomic mass is 9.94. The van der Waals surface area contributed by atoms with E-state index >= 15 is 4.39 Å². The van der Waals surface area contributed by atoms with Gasteiger partial charge in [-0.25, -0.2) is 31.6 Å². The van der Waals surface area contributed by atoms with Gasteiger partial charge in [0, 0.05) is 29.4 Å². The molecule has 1 aromatic heterocycles. The zero-order valence-electron chi connectivity index (χ0n) is 18.5. The second-order valence-corrected chi connectivity index (χ2v) is 10.3. The van der Waals surface area contributed by atoms with E-state index in [1.165, 1.54) is 17.8 Å². The number of benzene rings is 2. The summed E-state index contributed by atoms with van der Waals surface area (Å²) in [6.07, 6.45) is 5.23. The highest BCUT2D eigenvalue weighted by Crippen LogP contribution is 2.39. The first-order valence-corrected chi connectivity index (χ1v) is 13.1. The minimum atomic E-state index is -4.61. The van der Waals surface area contributed by atoms with E-state index in [0.717, 1.165) is 6.07 Å². The Labute approximate surface area is 203 Å². The second kappa shape index (κ2) is 8.68. The topological polar surface area (TPSA) is 87.6 Å². The van der Waals surface area contributed by atoms with Crippen molar-refractivity contribution in [1.82, 2.24) is 9.97 Å². The molecule has 0 radical (unpaired) electrons. The van der Waals surface area contributed by atoms with E-state index in [2.05, 4.69) is 19.7 Å². The second-order valence-electron chi connectivity index (χ2n) is 7.85. The summed E-state index contributed by atoms with van der Waals surface area (Å²) in [4.78, 5) is 14.4. The van der Waals surface area contributed by atoms with Crippen LogP contribution in [-0.2, 0) is 10.0 Å². The fourth-order valence-corrected chi connectivity index (χ4v) is 5.52. The number of halogens is 3. The molecule has 7 nitrogen and oxygen atoms in total. The summed E-state index contributed by atoms with van der Waals surface area (Å²) < 4.78 is 71.1. The number of hydrogen-bond acceptors (Lipinski definition) is 7. The number of aliphatic imine (C=N–C) groups is 1. The molecule has 5 rings (SSSR count). The van der Waals surface area contributed by atoms with Gasteiger partial charge in [0.2, 0.25) is 0 Å². The first-order chi connectivity index (χ1) is 16.7. The molecule has 0 fully saturated rings. The average Bonchev–Trinajstić information content (AvgIpc) is 3.33. The molecule has 0 amide bonds. The smallest absolute Gasteiger partial charge is 0.265 e. The van der Waals surface area contributed by atoms with Gasteiger partial charge in [-0.05, 0) is 49.1 Å². The summed E-state index contributed by atoms with van der Waals surface area (Å²) >= 11 is 1.40. The number of thioether (sulfide) groups is 1. The van der Waals surface area contributed by atoms with Gasteiger partial charge in [0.15, 0.2) is 11.0 Å². The number of nitrogens with zero attached hydrogens (tertiary/aromatic N) is 4. The summed E-state index contributed by atoms with van der Waals surface area (Å²) in [7, 11) is -4.61. The lowest BCUT2D eigenvalue weighted by Gasteiger charge is -2.28. The Balaban J connectivity index is 1.61. The molecule has 0 atom stereocenters. The third-order valence-corrected chi connectivity index (χ3v) is 7.58. The Morgan fingerprint density at radius 1 is 1.14 bits per heavy atom. The van der Waals surface area contributed by atoms with Gasteiger partial charge in [-0.3, -0.25) is 9.71 Å². The molecule has 2 aliphatic heterocycles. The molecule has 0 aliphatic carbocycles. The number of sulfonamides is 1. The van der Waals surface area contributed by atoms with Crippen LogP contribution in [0.5, 0.6) is 0 Å². The fraction of sp³-hybridized carbons (Fsp3) is 0.174. The average molecular weight is 518 g/mol. The van der Waals surface area contributed by atoms with E-state index in [4.69, 9.17) is 0 Å². The van der Waals surface area contributed by atoms with Gasteiger partial charge < -0.3 is 4.90 Å². The first-order valence-electron chi connectivity index (χ1n) is 10.4. The zero-order chi connectivity index (χ0) is 24.9. The molecule has 0 unspecified atom stereocenters. The van der Waals surface area contributed by atoms with Crippen molar-refractivity contribution in [1.29, 1.82) is 0 Å². The predicted octanol–water partition coefficient (Wildman–Crippen LogP) is 4.50. The highest BCUT2D eigenvalue weighted by molar-refractivity contribution is 7.98. The van der Waals surface area contributed by atoms with Crippen LogP contribution in [0.1, 0.15) is 16.7 Å². The van der Waals surface area contributed by atoms with E-state index in [9.17, 15) is 17.2 Å². The lowest BCUT2D eigenvalue weighted by Crippen LogP contribution is -2.33. The molecule has 35 heavy (non-hydrogen) atoms. The van der Waals surface area contributed by atoms with Crippen molar-refractivity contribution in [2.45, 2.75) is 17.0 Å². The Morgan fingerprint density at radius 3 is 2.71 bits per heavy atom. The van der Waals surface area contributed by atoms with Crippen molar-refractivity contribution in [3.05, 3.63) is 70.7 Å². The van der Waals surface area contributed by atoms with Crippen LogP contribution in [0.3, 0.4) is 0 Å². The monoisotopic (exact) mass is 517 g/mol. The number of amidine groups is 1. The third kappa shape index (κ3) is 4.06. The lowest BCUT2D eigenvalue weighted by molar-refractivity contribution is 0.555. The first kappa shape index (κ1) is 23.4. The van der Waals surface area contributed by atoms with Crippen LogP contribution in [0, 0.1) is 24.4 Å². The van der Waals surface area contributed by atoms with E-state index in [0.29, 0.717) is 58.7 Å². The summed E-state index contributed by atoms with van der Waals surface area (Å²) in [5.41, 5.74) is 1.39. The van der Waals surface area contributed by atoms with E-state index in [1.54, 1.807) is 25.3 Å². The molecule has 0 spiro atoms. The Hall–Kier alpha value is -3.38. The highest BCUT2D eigenvalue weighted by Gasteiger charge is 2.33. The van der Waals surface area contributed by atoms with Crippen molar-refractivity contribution >= 4 is 50.8 Å². The van der Waals surface area contributed by atoms with Gasteiger partial charge in [0.25, 0.3) is 10.0 Å². The van der Waals surface area contributed by atoms with Crippen LogP contribution in [0.15, 0.2) is 51.6 Å². The molecule has 180 valence electrons. The number of hydrogen-bond donors (Lipinski definition) is 1. The standard InChI is InChI=1S/C23H18F3N5O2S2/c1-12-3-6-17(30-35(32,33)18-10-14(24)4-5-16(18)25)20(26)19(12)15-9-13-11-28-23(34-2)29-21(13)31-8-7-27-22(15)31/h3-6,9-11,30H,7-8H2,1-2H3. The number of rotatable bonds is 5. The van der Waals surface area contributed by atoms with Crippen molar-refractivity contribution in [2.24, 2.45) is 4.99 Å². The van der Waals surface area contributed by atoms with Crippen molar-refractivity contribution in [3.63, 3.8) is 0 Å². The molecule has 0 saturated carbocycles. The number of fused-ring (bicyclic) bond motifs is 3. The van der Waals surface area contributed by atoms with E-state index in [1.807, 2.05) is 11.2 Å². The number of nitrogens with one attached hydrogen (secondary N) is 1. The minimum Gasteiger partial charge on any atom is -0.308 e. The Bertz CT molecular complexity index is 1540. The van der Waals surface area contributed by atoms with Gasteiger partial charge in [0.1, 0.15) is 28.2 Å². The number of aromatic nitrogens is 2. The Kier molecular flexibility index (Phi) is 5.80. The van der Waals surface area contributed by atoms with Gasteiger partial charge >= 0.3 is 0 Å².